The number of rotatable bonds is 5. The standard InChI is InChI=1S/C14H21NO/c1-4-5-11-13(16)15-14(2,3)12-9-7-6-8-10-12/h6-10H,4-5,11H2,1-3H3,(H,15,16). The van der Waals surface area contributed by atoms with Crippen LogP contribution < -0.4 is 5.32 Å². The molecule has 1 amide bonds. The molecular formula is C14H21NO. The molecule has 0 radical (unpaired) electrons. The molecule has 0 fully saturated rings. The molecule has 0 bridgehead atoms. The molecule has 16 heavy (non-hydrogen) atoms. The minimum absolute atomic E-state index is 0.135. The van der Waals surface area contributed by atoms with Gasteiger partial charge in [-0.15, -0.1) is 0 Å². The van der Waals surface area contributed by atoms with Crippen molar-refractivity contribution in [1.29, 1.82) is 0 Å². The average Bonchev–Trinajstić information content (AvgIpc) is 2.27. The van der Waals surface area contributed by atoms with Crippen molar-refractivity contribution in [2.75, 3.05) is 0 Å². The second-order valence-corrected chi connectivity index (χ2v) is 4.64. The van der Waals surface area contributed by atoms with Gasteiger partial charge in [0.05, 0.1) is 5.54 Å². The van der Waals surface area contributed by atoms with Gasteiger partial charge < -0.3 is 5.32 Å². The van der Waals surface area contributed by atoms with E-state index >= 15 is 0 Å². The number of carbonyl (C=O) groups is 1. The van der Waals surface area contributed by atoms with Crippen molar-refractivity contribution in [1.82, 2.24) is 5.32 Å². The molecular weight excluding hydrogens is 198 g/mol. The van der Waals surface area contributed by atoms with Gasteiger partial charge in [0.1, 0.15) is 0 Å². The molecule has 0 heterocycles. The van der Waals surface area contributed by atoms with E-state index in [0.29, 0.717) is 6.42 Å². The molecule has 0 aliphatic rings. The smallest absolute Gasteiger partial charge is 0.220 e. The topological polar surface area (TPSA) is 29.1 Å². The van der Waals surface area contributed by atoms with Gasteiger partial charge in [0.15, 0.2) is 0 Å². The number of amides is 1. The SMILES string of the molecule is CCCCC(=O)NC(C)(C)c1ccccc1. The first kappa shape index (κ1) is 12.8. The molecule has 0 aromatic heterocycles. The average molecular weight is 219 g/mol. The fraction of sp³-hybridized carbons (Fsp3) is 0.500. The Kier molecular flexibility index (Phi) is 4.53. The Morgan fingerprint density at radius 1 is 1.25 bits per heavy atom. The van der Waals surface area contributed by atoms with E-state index in [1.54, 1.807) is 0 Å². The van der Waals surface area contributed by atoms with Crippen molar-refractivity contribution in [3.8, 4) is 0 Å². The zero-order valence-electron chi connectivity index (χ0n) is 10.4. The Balaban J connectivity index is 2.61. The van der Waals surface area contributed by atoms with Crippen LogP contribution in [-0.2, 0) is 10.3 Å². The molecule has 2 nitrogen and oxygen atoms in total. The van der Waals surface area contributed by atoms with Crippen molar-refractivity contribution in [2.24, 2.45) is 0 Å². The van der Waals surface area contributed by atoms with E-state index in [1.165, 1.54) is 0 Å². The number of benzene rings is 1. The van der Waals surface area contributed by atoms with Crippen LogP contribution in [-0.4, -0.2) is 5.91 Å². The van der Waals surface area contributed by atoms with Crippen LogP contribution in [0.2, 0.25) is 0 Å². The summed E-state index contributed by atoms with van der Waals surface area (Å²) in [6.45, 7) is 6.16. The quantitative estimate of drug-likeness (QED) is 0.809. The first-order valence-electron chi connectivity index (χ1n) is 5.93. The van der Waals surface area contributed by atoms with Crippen molar-refractivity contribution in [2.45, 2.75) is 45.6 Å². The summed E-state index contributed by atoms with van der Waals surface area (Å²) in [6, 6.07) is 10.1. The molecule has 0 saturated carbocycles. The van der Waals surface area contributed by atoms with Gasteiger partial charge in [-0.25, -0.2) is 0 Å². The molecule has 0 atom stereocenters. The number of carbonyl (C=O) groups excluding carboxylic acids is 1. The Morgan fingerprint density at radius 3 is 2.44 bits per heavy atom. The Bertz CT molecular complexity index is 330. The maximum Gasteiger partial charge on any atom is 0.220 e. The third-order valence-electron chi connectivity index (χ3n) is 2.70. The molecule has 0 spiro atoms. The minimum atomic E-state index is -0.286. The summed E-state index contributed by atoms with van der Waals surface area (Å²) in [6.07, 6.45) is 2.63. The molecule has 0 saturated heterocycles. The molecule has 1 aromatic carbocycles. The minimum Gasteiger partial charge on any atom is -0.347 e. The third-order valence-corrected chi connectivity index (χ3v) is 2.70. The summed E-state index contributed by atoms with van der Waals surface area (Å²) in [7, 11) is 0. The van der Waals surface area contributed by atoms with E-state index in [1.807, 2.05) is 44.2 Å². The lowest BCUT2D eigenvalue weighted by Crippen LogP contribution is -2.40. The Labute approximate surface area is 98.1 Å². The zero-order valence-corrected chi connectivity index (χ0v) is 10.4. The van der Waals surface area contributed by atoms with Gasteiger partial charge in [0.2, 0.25) is 5.91 Å². The molecule has 0 aliphatic carbocycles. The van der Waals surface area contributed by atoms with Crippen LogP contribution in [0, 0.1) is 0 Å². The first-order chi connectivity index (χ1) is 7.56. The normalized spacial score (nSPS) is 11.2. The number of hydrogen-bond donors (Lipinski definition) is 1. The van der Waals surface area contributed by atoms with Gasteiger partial charge in [0, 0.05) is 6.42 Å². The van der Waals surface area contributed by atoms with Crippen molar-refractivity contribution >= 4 is 5.91 Å². The van der Waals surface area contributed by atoms with E-state index in [9.17, 15) is 4.79 Å². The highest BCUT2D eigenvalue weighted by molar-refractivity contribution is 5.76. The van der Waals surface area contributed by atoms with E-state index in [2.05, 4.69) is 12.2 Å². The van der Waals surface area contributed by atoms with Gasteiger partial charge >= 0.3 is 0 Å². The maximum atomic E-state index is 11.7. The fourth-order valence-electron chi connectivity index (χ4n) is 1.68. The molecule has 0 unspecified atom stereocenters. The molecule has 1 N–H and O–H groups in total. The van der Waals surface area contributed by atoms with E-state index < -0.39 is 0 Å². The van der Waals surface area contributed by atoms with Gasteiger partial charge in [-0.05, 0) is 25.8 Å². The second-order valence-electron chi connectivity index (χ2n) is 4.64. The summed E-state index contributed by atoms with van der Waals surface area (Å²) in [5.41, 5.74) is 0.853. The lowest BCUT2D eigenvalue weighted by Gasteiger charge is -2.27. The summed E-state index contributed by atoms with van der Waals surface area (Å²) >= 11 is 0. The highest BCUT2D eigenvalue weighted by atomic mass is 16.1. The fourth-order valence-corrected chi connectivity index (χ4v) is 1.68. The van der Waals surface area contributed by atoms with Crippen LogP contribution in [0.3, 0.4) is 0 Å². The molecule has 88 valence electrons. The summed E-state index contributed by atoms with van der Waals surface area (Å²) in [4.78, 5) is 11.7. The lowest BCUT2D eigenvalue weighted by molar-refractivity contribution is -0.122. The number of unbranched alkanes of at least 4 members (excludes halogenated alkanes) is 1. The zero-order chi connectivity index (χ0) is 12.0. The molecule has 0 aliphatic heterocycles. The van der Waals surface area contributed by atoms with Crippen LogP contribution in [0.4, 0.5) is 0 Å². The van der Waals surface area contributed by atoms with Crippen molar-refractivity contribution < 1.29 is 4.79 Å². The molecule has 2 heteroatoms. The van der Waals surface area contributed by atoms with Crippen LogP contribution in [0.5, 0.6) is 0 Å². The van der Waals surface area contributed by atoms with Crippen LogP contribution in [0.1, 0.15) is 45.6 Å². The van der Waals surface area contributed by atoms with Crippen molar-refractivity contribution in [3.05, 3.63) is 35.9 Å². The Morgan fingerprint density at radius 2 is 1.88 bits per heavy atom. The predicted octanol–water partition coefficient (Wildman–Crippen LogP) is 3.23. The largest absolute Gasteiger partial charge is 0.347 e. The van der Waals surface area contributed by atoms with Crippen molar-refractivity contribution in [3.63, 3.8) is 0 Å². The van der Waals surface area contributed by atoms with E-state index in [-0.39, 0.29) is 11.4 Å². The summed E-state index contributed by atoms with van der Waals surface area (Å²) < 4.78 is 0. The maximum absolute atomic E-state index is 11.7. The second kappa shape index (κ2) is 5.69. The predicted molar refractivity (Wildman–Crippen MR) is 67.1 cm³/mol. The van der Waals surface area contributed by atoms with Crippen LogP contribution >= 0.6 is 0 Å². The molecule has 1 aromatic rings. The van der Waals surface area contributed by atoms with Gasteiger partial charge in [0.25, 0.3) is 0 Å². The molecule has 1 rings (SSSR count). The number of nitrogens with one attached hydrogen (secondary N) is 1. The summed E-state index contributed by atoms with van der Waals surface area (Å²) in [5.74, 6) is 0.135. The summed E-state index contributed by atoms with van der Waals surface area (Å²) in [5, 5.41) is 3.07. The first-order valence-corrected chi connectivity index (χ1v) is 5.93. The van der Waals surface area contributed by atoms with Crippen LogP contribution in [0.15, 0.2) is 30.3 Å². The van der Waals surface area contributed by atoms with Gasteiger partial charge in [-0.2, -0.15) is 0 Å². The number of hydrogen-bond acceptors (Lipinski definition) is 1. The highest BCUT2D eigenvalue weighted by Gasteiger charge is 2.21. The monoisotopic (exact) mass is 219 g/mol. The lowest BCUT2D eigenvalue weighted by atomic mass is 9.94. The highest BCUT2D eigenvalue weighted by Crippen LogP contribution is 2.19. The van der Waals surface area contributed by atoms with Gasteiger partial charge in [-0.1, -0.05) is 43.7 Å². The Hall–Kier alpha value is -1.31. The third kappa shape index (κ3) is 3.69. The van der Waals surface area contributed by atoms with E-state index in [4.69, 9.17) is 0 Å². The van der Waals surface area contributed by atoms with E-state index in [0.717, 1.165) is 18.4 Å². The van der Waals surface area contributed by atoms with Crippen LogP contribution in [0.25, 0.3) is 0 Å². The van der Waals surface area contributed by atoms with Gasteiger partial charge in [-0.3, -0.25) is 4.79 Å².